The highest BCUT2D eigenvalue weighted by Crippen LogP contribution is 2.22. The van der Waals surface area contributed by atoms with Crippen molar-refractivity contribution in [1.29, 1.82) is 0 Å². The Morgan fingerprint density at radius 1 is 1.21 bits per heavy atom. The summed E-state index contributed by atoms with van der Waals surface area (Å²) >= 11 is 0. The van der Waals surface area contributed by atoms with E-state index in [0.717, 1.165) is 18.6 Å². The van der Waals surface area contributed by atoms with Gasteiger partial charge in [0.25, 0.3) is 11.8 Å². The molecule has 0 unspecified atom stereocenters. The highest BCUT2D eigenvalue weighted by molar-refractivity contribution is 6.22. The molecule has 0 aromatic heterocycles. The number of rotatable bonds is 5. The van der Waals surface area contributed by atoms with Gasteiger partial charge < -0.3 is 5.43 Å². The van der Waals surface area contributed by atoms with Crippen LogP contribution in [0.1, 0.15) is 40.5 Å². The van der Waals surface area contributed by atoms with Gasteiger partial charge in [0, 0.05) is 7.05 Å². The van der Waals surface area contributed by atoms with Gasteiger partial charge in [-0.25, -0.2) is 0 Å². The predicted octanol–water partition coefficient (Wildman–Crippen LogP) is 1.66. The zero-order valence-electron chi connectivity index (χ0n) is 11.1. The molecule has 5 heteroatoms. The van der Waals surface area contributed by atoms with Gasteiger partial charge in [0.1, 0.15) is 0 Å². The third-order valence-electron chi connectivity index (χ3n) is 3.03. The summed E-state index contributed by atoms with van der Waals surface area (Å²) in [6, 6.07) is 6.90. The molecule has 1 aliphatic heterocycles. The van der Waals surface area contributed by atoms with Gasteiger partial charge in [-0.2, -0.15) is 5.10 Å². The van der Waals surface area contributed by atoms with Crippen molar-refractivity contribution in [2.75, 3.05) is 13.6 Å². The first kappa shape index (κ1) is 13.3. The van der Waals surface area contributed by atoms with Crippen LogP contribution < -0.4 is 5.43 Å². The normalized spacial score (nSPS) is 14.8. The molecule has 0 aliphatic carbocycles. The van der Waals surface area contributed by atoms with Crippen LogP contribution in [-0.2, 0) is 0 Å². The summed E-state index contributed by atoms with van der Waals surface area (Å²) in [6.45, 7) is 2.29. The fourth-order valence-corrected chi connectivity index (χ4v) is 2.18. The lowest BCUT2D eigenvalue weighted by Gasteiger charge is -2.15. The Bertz CT molecular complexity index is 502. The summed E-state index contributed by atoms with van der Waals surface area (Å²) in [4.78, 5) is 25.6. The second-order valence-corrected chi connectivity index (χ2v) is 4.39. The number of hydrogen-bond acceptors (Lipinski definition) is 4. The van der Waals surface area contributed by atoms with Crippen LogP contribution in [-0.4, -0.2) is 36.0 Å². The molecule has 1 heterocycles. The summed E-state index contributed by atoms with van der Waals surface area (Å²) in [5.74, 6) is -0.471. The average molecular weight is 259 g/mol. The van der Waals surface area contributed by atoms with E-state index in [0.29, 0.717) is 11.1 Å². The summed E-state index contributed by atoms with van der Waals surface area (Å²) in [5.41, 5.74) is 4.48. The van der Waals surface area contributed by atoms with Crippen LogP contribution in [0.3, 0.4) is 0 Å². The van der Waals surface area contributed by atoms with Gasteiger partial charge in [0.05, 0.1) is 23.4 Å². The van der Waals surface area contributed by atoms with E-state index in [-0.39, 0.29) is 18.4 Å². The molecule has 0 fully saturated rings. The fraction of sp³-hybridized carbons (Fsp3) is 0.357. The van der Waals surface area contributed by atoms with Crippen molar-refractivity contribution >= 4 is 17.5 Å². The second kappa shape index (κ2) is 5.65. The first-order valence-corrected chi connectivity index (χ1v) is 6.36. The lowest BCUT2D eigenvalue weighted by Crippen LogP contribution is -2.35. The molecule has 1 aromatic carbocycles. The highest BCUT2D eigenvalue weighted by Gasteiger charge is 2.35. The van der Waals surface area contributed by atoms with E-state index >= 15 is 0 Å². The molecule has 1 aromatic rings. The third kappa shape index (κ3) is 2.50. The topological polar surface area (TPSA) is 61.8 Å². The van der Waals surface area contributed by atoms with Crippen molar-refractivity contribution in [2.24, 2.45) is 5.10 Å². The molecular formula is C14H17N3O2. The van der Waals surface area contributed by atoms with E-state index in [1.807, 2.05) is 6.92 Å². The van der Waals surface area contributed by atoms with Crippen LogP contribution >= 0.6 is 0 Å². The number of hydrogen-bond donors (Lipinski definition) is 1. The SMILES string of the molecule is CCC/C(CN1C(=O)c2ccccc2C1=O)=N\NC. The van der Waals surface area contributed by atoms with E-state index in [1.54, 1.807) is 31.3 Å². The number of nitrogens with one attached hydrogen (secondary N) is 1. The Morgan fingerprint density at radius 3 is 2.26 bits per heavy atom. The van der Waals surface area contributed by atoms with Gasteiger partial charge in [-0.15, -0.1) is 0 Å². The molecule has 2 amide bonds. The molecule has 19 heavy (non-hydrogen) atoms. The Kier molecular flexibility index (Phi) is 3.94. The van der Waals surface area contributed by atoms with Crippen molar-refractivity contribution in [3.63, 3.8) is 0 Å². The van der Waals surface area contributed by atoms with Crippen molar-refractivity contribution in [2.45, 2.75) is 19.8 Å². The molecule has 0 radical (unpaired) electrons. The quantitative estimate of drug-likeness (QED) is 0.497. The lowest BCUT2D eigenvalue weighted by atomic mass is 10.1. The number of fused-ring (bicyclic) bond motifs is 1. The Balaban J connectivity index is 2.22. The van der Waals surface area contributed by atoms with Crippen LogP contribution in [0.2, 0.25) is 0 Å². The number of amides is 2. The van der Waals surface area contributed by atoms with Gasteiger partial charge in [0.15, 0.2) is 0 Å². The Hall–Kier alpha value is -2.17. The molecule has 2 rings (SSSR count). The standard InChI is InChI=1S/C14H17N3O2/c1-3-6-10(16-15-2)9-17-13(18)11-7-4-5-8-12(11)14(17)19/h4-5,7-8,15H,3,6,9H2,1-2H3/b16-10+. The molecule has 0 bridgehead atoms. The molecule has 0 spiro atoms. The smallest absolute Gasteiger partial charge is 0.261 e. The van der Waals surface area contributed by atoms with Gasteiger partial charge in [-0.05, 0) is 18.6 Å². The maximum Gasteiger partial charge on any atom is 0.261 e. The van der Waals surface area contributed by atoms with E-state index in [4.69, 9.17) is 0 Å². The zero-order chi connectivity index (χ0) is 13.8. The Labute approximate surface area is 112 Å². The summed E-state index contributed by atoms with van der Waals surface area (Å²) in [5, 5.41) is 4.13. The van der Waals surface area contributed by atoms with Crippen LogP contribution in [0.25, 0.3) is 0 Å². The van der Waals surface area contributed by atoms with Crippen molar-refractivity contribution in [3.05, 3.63) is 35.4 Å². The van der Waals surface area contributed by atoms with Gasteiger partial charge >= 0.3 is 0 Å². The maximum atomic E-state index is 12.2. The first-order valence-electron chi connectivity index (χ1n) is 6.36. The molecule has 0 atom stereocenters. The minimum atomic E-state index is -0.236. The largest absolute Gasteiger partial charge is 0.313 e. The summed E-state index contributed by atoms with van der Waals surface area (Å²) in [7, 11) is 1.71. The maximum absolute atomic E-state index is 12.2. The molecule has 1 aliphatic rings. The lowest BCUT2D eigenvalue weighted by molar-refractivity contribution is 0.0676. The number of carbonyl (C=O) groups is 2. The summed E-state index contributed by atoms with van der Waals surface area (Å²) < 4.78 is 0. The third-order valence-corrected chi connectivity index (χ3v) is 3.03. The number of benzene rings is 1. The molecule has 5 nitrogen and oxygen atoms in total. The van der Waals surface area contributed by atoms with Gasteiger partial charge in [-0.1, -0.05) is 25.5 Å². The molecule has 1 N–H and O–H groups in total. The van der Waals surface area contributed by atoms with Crippen LogP contribution in [0.15, 0.2) is 29.4 Å². The monoisotopic (exact) mass is 259 g/mol. The second-order valence-electron chi connectivity index (χ2n) is 4.39. The zero-order valence-corrected chi connectivity index (χ0v) is 11.1. The molecule has 0 saturated carbocycles. The summed E-state index contributed by atoms with van der Waals surface area (Å²) in [6.07, 6.45) is 1.68. The average Bonchev–Trinajstić information content (AvgIpc) is 2.65. The first-order chi connectivity index (χ1) is 9.19. The van der Waals surface area contributed by atoms with Gasteiger partial charge in [0.2, 0.25) is 0 Å². The van der Waals surface area contributed by atoms with Crippen molar-refractivity contribution < 1.29 is 9.59 Å². The Morgan fingerprint density at radius 2 is 1.79 bits per heavy atom. The number of carbonyl (C=O) groups excluding carboxylic acids is 2. The van der Waals surface area contributed by atoms with Gasteiger partial charge in [-0.3, -0.25) is 14.5 Å². The van der Waals surface area contributed by atoms with E-state index in [1.165, 1.54) is 4.90 Å². The van der Waals surface area contributed by atoms with E-state index in [2.05, 4.69) is 10.5 Å². The van der Waals surface area contributed by atoms with Crippen LogP contribution in [0.4, 0.5) is 0 Å². The molecular weight excluding hydrogens is 242 g/mol. The highest BCUT2D eigenvalue weighted by atomic mass is 16.2. The number of imide groups is 1. The molecule has 0 saturated heterocycles. The van der Waals surface area contributed by atoms with E-state index < -0.39 is 0 Å². The van der Waals surface area contributed by atoms with Crippen molar-refractivity contribution in [1.82, 2.24) is 10.3 Å². The number of nitrogens with zero attached hydrogens (tertiary/aromatic N) is 2. The van der Waals surface area contributed by atoms with Crippen LogP contribution in [0.5, 0.6) is 0 Å². The minimum Gasteiger partial charge on any atom is -0.313 e. The molecule has 100 valence electrons. The van der Waals surface area contributed by atoms with E-state index in [9.17, 15) is 9.59 Å². The fourth-order valence-electron chi connectivity index (χ4n) is 2.18. The predicted molar refractivity (Wildman–Crippen MR) is 73.2 cm³/mol. The van der Waals surface area contributed by atoms with Crippen molar-refractivity contribution in [3.8, 4) is 0 Å². The minimum absolute atomic E-state index is 0.236. The number of hydrazone groups is 1. The van der Waals surface area contributed by atoms with Crippen LogP contribution in [0, 0.1) is 0 Å².